The Morgan fingerprint density at radius 1 is 1.00 bits per heavy atom. The van der Waals surface area contributed by atoms with E-state index in [0.717, 1.165) is 11.1 Å². The molecule has 6 heteroatoms. The number of amides is 1. The third-order valence-electron chi connectivity index (χ3n) is 4.81. The van der Waals surface area contributed by atoms with Gasteiger partial charge in [-0.15, -0.1) is 0 Å². The van der Waals surface area contributed by atoms with Crippen molar-refractivity contribution in [3.05, 3.63) is 96.3 Å². The molecule has 0 saturated heterocycles. The summed E-state index contributed by atoms with van der Waals surface area (Å²) in [5.41, 5.74) is 1.94. The molecule has 0 bridgehead atoms. The highest BCUT2D eigenvalue weighted by molar-refractivity contribution is 5.91. The van der Waals surface area contributed by atoms with E-state index in [-0.39, 0.29) is 11.9 Å². The summed E-state index contributed by atoms with van der Waals surface area (Å²) in [5.74, 6) is 1.17. The number of nitrogens with zero attached hydrogens (tertiary/aromatic N) is 3. The smallest absolute Gasteiger partial charge is 0.290 e. The number of furan rings is 1. The van der Waals surface area contributed by atoms with Crippen molar-refractivity contribution in [2.75, 3.05) is 6.54 Å². The van der Waals surface area contributed by atoms with Crippen LogP contribution >= 0.6 is 0 Å². The second-order valence-electron chi connectivity index (χ2n) is 6.69. The van der Waals surface area contributed by atoms with Crippen molar-refractivity contribution in [2.24, 2.45) is 0 Å². The zero-order chi connectivity index (χ0) is 20.1. The van der Waals surface area contributed by atoms with Gasteiger partial charge in [0.1, 0.15) is 0 Å². The molecule has 0 fully saturated rings. The van der Waals surface area contributed by atoms with Gasteiger partial charge >= 0.3 is 0 Å². The monoisotopic (exact) mass is 387 g/mol. The molecular weight excluding hydrogens is 366 g/mol. The Kier molecular flexibility index (Phi) is 5.52. The number of rotatable bonds is 7. The molecule has 29 heavy (non-hydrogen) atoms. The molecule has 1 atom stereocenters. The van der Waals surface area contributed by atoms with Gasteiger partial charge in [-0.3, -0.25) is 4.79 Å². The average molecular weight is 387 g/mol. The first-order valence-electron chi connectivity index (χ1n) is 9.50. The summed E-state index contributed by atoms with van der Waals surface area (Å²) in [6, 6.07) is 22.8. The van der Waals surface area contributed by atoms with Gasteiger partial charge in [-0.05, 0) is 24.6 Å². The zero-order valence-electron chi connectivity index (χ0n) is 16.1. The molecule has 0 N–H and O–H groups in total. The van der Waals surface area contributed by atoms with E-state index in [2.05, 4.69) is 10.1 Å². The van der Waals surface area contributed by atoms with Gasteiger partial charge < -0.3 is 13.8 Å². The van der Waals surface area contributed by atoms with Crippen LogP contribution in [0.2, 0.25) is 0 Å². The number of carbonyl (C=O) groups excluding carboxylic acids is 1. The fourth-order valence-corrected chi connectivity index (χ4v) is 3.20. The number of aromatic nitrogens is 2. The Morgan fingerprint density at radius 3 is 2.41 bits per heavy atom. The van der Waals surface area contributed by atoms with E-state index in [0.29, 0.717) is 30.4 Å². The van der Waals surface area contributed by atoms with Crippen LogP contribution in [0, 0.1) is 0 Å². The summed E-state index contributed by atoms with van der Waals surface area (Å²) < 4.78 is 10.7. The van der Waals surface area contributed by atoms with Gasteiger partial charge in [0.05, 0.1) is 12.3 Å². The lowest BCUT2D eigenvalue weighted by Gasteiger charge is -2.28. The summed E-state index contributed by atoms with van der Waals surface area (Å²) >= 11 is 0. The van der Waals surface area contributed by atoms with Crippen LogP contribution < -0.4 is 0 Å². The minimum Gasteiger partial charge on any atom is -0.459 e. The molecular formula is C23H21N3O3. The van der Waals surface area contributed by atoms with Crippen molar-refractivity contribution >= 4 is 5.91 Å². The molecule has 146 valence electrons. The SMILES string of the molecule is C[C@H](c1ccccc1)N(CCc1nc(-c2ccccc2)no1)C(=O)c1ccco1. The fourth-order valence-electron chi connectivity index (χ4n) is 3.20. The molecule has 0 saturated carbocycles. The van der Waals surface area contributed by atoms with Crippen molar-refractivity contribution in [3.8, 4) is 11.4 Å². The van der Waals surface area contributed by atoms with Crippen LogP contribution in [-0.4, -0.2) is 27.5 Å². The predicted octanol–water partition coefficient (Wildman–Crippen LogP) is 4.78. The van der Waals surface area contributed by atoms with Crippen LogP contribution in [0.15, 0.2) is 88.0 Å². The molecule has 0 aliphatic heterocycles. The Bertz CT molecular complexity index is 1040. The Morgan fingerprint density at radius 2 is 1.72 bits per heavy atom. The van der Waals surface area contributed by atoms with E-state index in [1.165, 1.54) is 6.26 Å². The largest absolute Gasteiger partial charge is 0.459 e. The summed E-state index contributed by atoms with van der Waals surface area (Å²) in [4.78, 5) is 19.3. The van der Waals surface area contributed by atoms with E-state index < -0.39 is 0 Å². The molecule has 6 nitrogen and oxygen atoms in total. The second-order valence-corrected chi connectivity index (χ2v) is 6.69. The Balaban J connectivity index is 1.53. The third kappa shape index (κ3) is 4.27. The standard InChI is InChI=1S/C23H21N3O3/c1-17(18-9-4-2-5-10-18)26(23(27)20-13-8-16-28-20)15-14-21-24-22(25-29-21)19-11-6-3-7-12-19/h2-13,16-17H,14-15H2,1H3/t17-/m1/s1. The molecule has 1 amide bonds. The van der Waals surface area contributed by atoms with Crippen molar-refractivity contribution < 1.29 is 13.7 Å². The first-order chi connectivity index (χ1) is 14.2. The maximum Gasteiger partial charge on any atom is 0.290 e. The van der Waals surface area contributed by atoms with Gasteiger partial charge in [0, 0.05) is 18.5 Å². The predicted molar refractivity (Wildman–Crippen MR) is 108 cm³/mol. The minimum atomic E-state index is -0.172. The number of hydrogen-bond donors (Lipinski definition) is 0. The lowest BCUT2D eigenvalue weighted by atomic mass is 10.1. The molecule has 2 aromatic heterocycles. The molecule has 4 rings (SSSR count). The lowest BCUT2D eigenvalue weighted by molar-refractivity contribution is 0.0656. The van der Waals surface area contributed by atoms with Crippen molar-refractivity contribution in [1.29, 1.82) is 0 Å². The topological polar surface area (TPSA) is 72.4 Å². The van der Waals surface area contributed by atoms with E-state index in [4.69, 9.17) is 8.94 Å². The van der Waals surface area contributed by atoms with Crippen LogP contribution in [0.4, 0.5) is 0 Å². The molecule has 2 heterocycles. The Hall–Kier alpha value is -3.67. The maximum atomic E-state index is 13.0. The van der Waals surface area contributed by atoms with Gasteiger partial charge in [0.2, 0.25) is 11.7 Å². The molecule has 0 unspecified atom stereocenters. The summed E-state index contributed by atoms with van der Waals surface area (Å²) in [7, 11) is 0. The minimum absolute atomic E-state index is 0.134. The van der Waals surface area contributed by atoms with Crippen molar-refractivity contribution in [3.63, 3.8) is 0 Å². The first-order valence-corrected chi connectivity index (χ1v) is 9.50. The molecule has 0 aliphatic carbocycles. The molecule has 0 radical (unpaired) electrons. The molecule has 4 aromatic rings. The highest BCUT2D eigenvalue weighted by atomic mass is 16.5. The summed E-state index contributed by atoms with van der Waals surface area (Å²) in [5, 5.41) is 4.05. The van der Waals surface area contributed by atoms with Gasteiger partial charge in [0.15, 0.2) is 5.76 Å². The average Bonchev–Trinajstić information content (AvgIpc) is 3.47. The fraction of sp³-hybridized carbons (Fsp3) is 0.174. The first kappa shape index (κ1) is 18.7. The molecule has 0 aliphatic rings. The summed E-state index contributed by atoms with van der Waals surface area (Å²) in [6.45, 7) is 2.42. The van der Waals surface area contributed by atoms with E-state index in [9.17, 15) is 4.79 Å². The number of hydrogen-bond acceptors (Lipinski definition) is 5. The second kappa shape index (κ2) is 8.56. The quantitative estimate of drug-likeness (QED) is 0.456. The highest BCUT2D eigenvalue weighted by Gasteiger charge is 2.25. The number of carbonyl (C=O) groups is 1. The maximum absolute atomic E-state index is 13.0. The van der Waals surface area contributed by atoms with Crippen LogP contribution in [-0.2, 0) is 6.42 Å². The van der Waals surface area contributed by atoms with Gasteiger partial charge in [-0.1, -0.05) is 65.8 Å². The zero-order valence-corrected chi connectivity index (χ0v) is 16.1. The third-order valence-corrected chi connectivity index (χ3v) is 4.81. The lowest BCUT2D eigenvalue weighted by Crippen LogP contribution is -2.35. The van der Waals surface area contributed by atoms with Crippen molar-refractivity contribution in [2.45, 2.75) is 19.4 Å². The van der Waals surface area contributed by atoms with Gasteiger partial charge in [-0.25, -0.2) is 0 Å². The van der Waals surface area contributed by atoms with Crippen LogP contribution in [0.5, 0.6) is 0 Å². The molecule has 0 spiro atoms. The van der Waals surface area contributed by atoms with Crippen LogP contribution in [0.3, 0.4) is 0 Å². The molecule has 2 aromatic carbocycles. The van der Waals surface area contributed by atoms with Gasteiger partial charge in [-0.2, -0.15) is 4.98 Å². The van der Waals surface area contributed by atoms with Crippen molar-refractivity contribution in [1.82, 2.24) is 15.0 Å². The normalized spacial score (nSPS) is 11.9. The van der Waals surface area contributed by atoms with E-state index in [1.807, 2.05) is 67.6 Å². The van der Waals surface area contributed by atoms with Crippen LogP contribution in [0.25, 0.3) is 11.4 Å². The highest BCUT2D eigenvalue weighted by Crippen LogP contribution is 2.23. The van der Waals surface area contributed by atoms with Gasteiger partial charge in [0.25, 0.3) is 5.91 Å². The summed E-state index contributed by atoms with van der Waals surface area (Å²) in [6.07, 6.45) is 1.95. The van der Waals surface area contributed by atoms with E-state index in [1.54, 1.807) is 17.0 Å². The van der Waals surface area contributed by atoms with Crippen LogP contribution in [0.1, 0.15) is 35.0 Å². The number of benzene rings is 2. The van der Waals surface area contributed by atoms with E-state index >= 15 is 0 Å². The Labute approximate surface area is 168 Å².